The fraction of sp³-hybridized carbons (Fsp3) is 0.733. The highest BCUT2D eigenvalue weighted by Crippen LogP contribution is 2.40. The summed E-state index contributed by atoms with van der Waals surface area (Å²) >= 11 is 0. The Bertz CT molecular complexity index is 389. The van der Waals surface area contributed by atoms with Crippen molar-refractivity contribution in [2.45, 2.75) is 38.5 Å². The van der Waals surface area contributed by atoms with Crippen molar-refractivity contribution in [3.05, 3.63) is 12.7 Å². The second-order valence-corrected chi connectivity index (χ2v) is 6.13. The molecule has 0 radical (unpaired) electrons. The molecule has 5 nitrogen and oxygen atoms in total. The van der Waals surface area contributed by atoms with E-state index in [0.717, 1.165) is 19.3 Å². The second kappa shape index (κ2) is 6.29. The maximum Gasteiger partial charge on any atom is 0.317 e. The Labute approximate surface area is 120 Å². The molecule has 1 aliphatic heterocycles. The number of carboxylic acid groups (broad SMARTS) is 1. The number of nitrogens with zero attached hydrogens (tertiary/aromatic N) is 1. The summed E-state index contributed by atoms with van der Waals surface area (Å²) in [5, 5.41) is 12.0. The van der Waals surface area contributed by atoms with Crippen molar-refractivity contribution in [2.75, 3.05) is 19.6 Å². The number of urea groups is 1. The van der Waals surface area contributed by atoms with Crippen molar-refractivity contribution in [2.24, 2.45) is 11.3 Å². The molecule has 112 valence electrons. The van der Waals surface area contributed by atoms with Gasteiger partial charge in [-0.3, -0.25) is 4.79 Å². The van der Waals surface area contributed by atoms with E-state index in [2.05, 4.69) is 11.9 Å². The first-order chi connectivity index (χ1) is 9.56. The third kappa shape index (κ3) is 3.32. The lowest BCUT2D eigenvalue weighted by atomic mass is 9.83. The predicted molar refractivity (Wildman–Crippen MR) is 76.4 cm³/mol. The molecular formula is C15H24N2O3. The number of nitrogens with one attached hydrogen (secondary N) is 1. The van der Waals surface area contributed by atoms with Gasteiger partial charge in [0, 0.05) is 19.6 Å². The van der Waals surface area contributed by atoms with Crippen LogP contribution in [0.3, 0.4) is 0 Å². The van der Waals surface area contributed by atoms with Crippen LogP contribution < -0.4 is 5.32 Å². The van der Waals surface area contributed by atoms with E-state index in [1.807, 2.05) is 6.08 Å². The molecule has 1 aliphatic carbocycles. The molecule has 1 saturated carbocycles. The average Bonchev–Trinajstić information content (AvgIpc) is 3.06. The van der Waals surface area contributed by atoms with E-state index in [4.69, 9.17) is 5.11 Å². The van der Waals surface area contributed by atoms with Gasteiger partial charge in [-0.25, -0.2) is 4.79 Å². The van der Waals surface area contributed by atoms with Crippen LogP contribution in [0.15, 0.2) is 12.7 Å². The first-order valence-corrected chi connectivity index (χ1v) is 7.43. The van der Waals surface area contributed by atoms with Gasteiger partial charge in [-0.2, -0.15) is 0 Å². The van der Waals surface area contributed by atoms with Gasteiger partial charge in [0.15, 0.2) is 0 Å². The number of likely N-dealkylation sites (tertiary alicyclic amines) is 1. The van der Waals surface area contributed by atoms with E-state index in [-0.39, 0.29) is 11.4 Å². The van der Waals surface area contributed by atoms with Crippen LogP contribution in [0.4, 0.5) is 4.79 Å². The van der Waals surface area contributed by atoms with Gasteiger partial charge in [-0.05, 0) is 31.1 Å². The van der Waals surface area contributed by atoms with Crippen LogP contribution in [0.25, 0.3) is 0 Å². The van der Waals surface area contributed by atoms with Crippen molar-refractivity contribution in [1.29, 1.82) is 0 Å². The number of hydrogen-bond acceptors (Lipinski definition) is 2. The molecular weight excluding hydrogens is 256 g/mol. The Morgan fingerprint density at radius 1 is 1.40 bits per heavy atom. The van der Waals surface area contributed by atoms with Gasteiger partial charge in [0.2, 0.25) is 0 Å². The van der Waals surface area contributed by atoms with Crippen LogP contribution in [0.5, 0.6) is 0 Å². The molecule has 0 spiro atoms. The number of carbonyl (C=O) groups excluding carboxylic acids is 1. The Hall–Kier alpha value is -1.52. The topological polar surface area (TPSA) is 69.6 Å². The molecule has 2 aliphatic rings. The number of allylic oxidation sites excluding steroid dienone is 1. The largest absolute Gasteiger partial charge is 0.481 e. The summed E-state index contributed by atoms with van der Waals surface area (Å²) in [5.74, 6) is -1.21. The molecule has 1 heterocycles. The molecule has 1 unspecified atom stereocenters. The molecule has 1 saturated heterocycles. The lowest BCUT2D eigenvalue weighted by molar-refractivity contribution is -0.141. The highest BCUT2D eigenvalue weighted by molar-refractivity contribution is 5.77. The highest BCUT2D eigenvalue weighted by Gasteiger charge is 2.35. The third-order valence-electron chi connectivity index (χ3n) is 4.68. The quantitative estimate of drug-likeness (QED) is 0.759. The number of amides is 2. The van der Waals surface area contributed by atoms with Crippen molar-refractivity contribution in [3.63, 3.8) is 0 Å². The summed E-state index contributed by atoms with van der Waals surface area (Å²) in [7, 11) is 0. The van der Waals surface area contributed by atoms with E-state index in [9.17, 15) is 9.59 Å². The zero-order valence-electron chi connectivity index (χ0n) is 11.9. The van der Waals surface area contributed by atoms with Crippen LogP contribution in [-0.2, 0) is 4.79 Å². The maximum absolute atomic E-state index is 12.1. The first-order valence-electron chi connectivity index (χ1n) is 7.43. The van der Waals surface area contributed by atoms with Gasteiger partial charge >= 0.3 is 12.0 Å². The molecule has 0 aromatic heterocycles. The summed E-state index contributed by atoms with van der Waals surface area (Å²) in [6.45, 7) is 5.36. The highest BCUT2D eigenvalue weighted by atomic mass is 16.4. The predicted octanol–water partition coefficient (Wildman–Crippen LogP) is 2.24. The fourth-order valence-corrected chi connectivity index (χ4v) is 3.41. The minimum atomic E-state index is -0.806. The van der Waals surface area contributed by atoms with Crippen molar-refractivity contribution < 1.29 is 14.7 Å². The van der Waals surface area contributed by atoms with Crippen LogP contribution in [-0.4, -0.2) is 41.6 Å². The van der Waals surface area contributed by atoms with Gasteiger partial charge in [0.25, 0.3) is 0 Å². The first kappa shape index (κ1) is 14.9. The smallest absolute Gasteiger partial charge is 0.317 e. The van der Waals surface area contributed by atoms with Gasteiger partial charge in [0.1, 0.15) is 0 Å². The Morgan fingerprint density at radius 3 is 2.65 bits per heavy atom. The Morgan fingerprint density at radius 2 is 2.10 bits per heavy atom. The number of carboxylic acids is 1. The molecule has 0 aromatic carbocycles. The SMILES string of the molecule is C=CCC1(CNC(=O)N2CCC(C(=O)O)C2)CCCC1. The molecule has 2 amide bonds. The summed E-state index contributed by atoms with van der Waals surface area (Å²) in [5.41, 5.74) is 0.170. The van der Waals surface area contributed by atoms with E-state index >= 15 is 0 Å². The summed E-state index contributed by atoms with van der Waals surface area (Å²) in [6.07, 6.45) is 8.14. The van der Waals surface area contributed by atoms with Gasteiger partial charge in [-0.15, -0.1) is 6.58 Å². The van der Waals surface area contributed by atoms with Crippen LogP contribution in [0, 0.1) is 11.3 Å². The number of rotatable bonds is 5. The normalized spacial score (nSPS) is 24.6. The maximum atomic E-state index is 12.1. The second-order valence-electron chi connectivity index (χ2n) is 6.13. The molecule has 5 heteroatoms. The van der Waals surface area contributed by atoms with E-state index < -0.39 is 11.9 Å². The van der Waals surface area contributed by atoms with Crippen LogP contribution in [0.1, 0.15) is 38.5 Å². The van der Waals surface area contributed by atoms with Crippen LogP contribution >= 0.6 is 0 Å². The van der Waals surface area contributed by atoms with Gasteiger partial charge in [0.05, 0.1) is 5.92 Å². The minimum Gasteiger partial charge on any atom is -0.481 e. The van der Waals surface area contributed by atoms with Crippen molar-refractivity contribution in [3.8, 4) is 0 Å². The Balaban J connectivity index is 1.83. The van der Waals surface area contributed by atoms with Gasteiger partial charge in [-0.1, -0.05) is 18.9 Å². The average molecular weight is 280 g/mol. The summed E-state index contributed by atoms with van der Waals surface area (Å²) in [4.78, 5) is 24.6. The monoisotopic (exact) mass is 280 g/mol. The van der Waals surface area contributed by atoms with Gasteiger partial charge < -0.3 is 15.3 Å². The lowest BCUT2D eigenvalue weighted by Gasteiger charge is -2.29. The number of carbonyl (C=O) groups is 2. The number of aliphatic carboxylic acids is 1. The molecule has 0 aromatic rings. The molecule has 1 atom stereocenters. The van der Waals surface area contributed by atoms with Crippen LogP contribution in [0.2, 0.25) is 0 Å². The van der Waals surface area contributed by atoms with Crippen molar-refractivity contribution >= 4 is 12.0 Å². The molecule has 2 fully saturated rings. The number of hydrogen-bond donors (Lipinski definition) is 2. The molecule has 2 rings (SSSR count). The van der Waals surface area contributed by atoms with E-state index in [1.165, 1.54) is 12.8 Å². The fourth-order valence-electron chi connectivity index (χ4n) is 3.41. The zero-order chi connectivity index (χ0) is 14.6. The Kier molecular flexibility index (Phi) is 4.68. The molecule has 2 N–H and O–H groups in total. The lowest BCUT2D eigenvalue weighted by Crippen LogP contribution is -2.43. The summed E-state index contributed by atoms with van der Waals surface area (Å²) in [6, 6.07) is -0.121. The standard InChI is InChI=1S/C15H24N2O3/c1-2-6-15(7-3-4-8-15)11-16-14(20)17-9-5-12(10-17)13(18)19/h2,12H,1,3-11H2,(H,16,20)(H,18,19). The van der Waals surface area contributed by atoms with Crippen molar-refractivity contribution in [1.82, 2.24) is 10.2 Å². The molecule has 20 heavy (non-hydrogen) atoms. The minimum absolute atomic E-state index is 0.121. The zero-order valence-corrected chi connectivity index (χ0v) is 11.9. The summed E-state index contributed by atoms with van der Waals surface area (Å²) < 4.78 is 0. The molecule has 0 bridgehead atoms. The van der Waals surface area contributed by atoms with E-state index in [0.29, 0.717) is 26.1 Å². The van der Waals surface area contributed by atoms with E-state index in [1.54, 1.807) is 4.90 Å². The third-order valence-corrected chi connectivity index (χ3v) is 4.68.